The summed E-state index contributed by atoms with van der Waals surface area (Å²) in [6.45, 7) is 3.92. The van der Waals surface area contributed by atoms with Gasteiger partial charge in [0.2, 0.25) is 5.89 Å². The summed E-state index contributed by atoms with van der Waals surface area (Å²) in [7, 11) is 0. The van der Waals surface area contributed by atoms with E-state index in [0.29, 0.717) is 12.3 Å². The molecule has 0 radical (unpaired) electrons. The molecular formula is C42H28N2OS2. The summed E-state index contributed by atoms with van der Waals surface area (Å²) in [4.78, 5) is 7.20. The molecule has 3 aromatic heterocycles. The Hall–Kier alpha value is -5.49. The van der Waals surface area contributed by atoms with Crippen molar-refractivity contribution in [1.29, 1.82) is 0 Å². The number of fused-ring (bicyclic) bond motifs is 6. The Kier molecular flexibility index (Phi) is 6.74. The summed E-state index contributed by atoms with van der Waals surface area (Å²) < 4.78 is 11.6. The first-order valence-electron chi connectivity index (χ1n) is 15.6. The van der Waals surface area contributed by atoms with Crippen molar-refractivity contribution in [3.8, 4) is 11.5 Å². The number of nitrogens with zero attached hydrogens (tertiary/aromatic N) is 2. The first kappa shape index (κ1) is 27.8. The van der Waals surface area contributed by atoms with Gasteiger partial charge in [-0.3, -0.25) is 0 Å². The highest BCUT2D eigenvalue weighted by Gasteiger charge is 2.19. The highest BCUT2D eigenvalue weighted by molar-refractivity contribution is 7.26. The molecule has 5 aromatic carbocycles. The van der Waals surface area contributed by atoms with Gasteiger partial charge in [0.05, 0.1) is 0 Å². The third-order valence-corrected chi connectivity index (χ3v) is 11.0. The lowest BCUT2D eigenvalue weighted by atomic mass is 10.0. The molecule has 0 amide bonds. The Balaban J connectivity index is 1.19. The molecule has 0 fully saturated rings. The van der Waals surface area contributed by atoms with Crippen LogP contribution in [0.25, 0.3) is 63.4 Å². The third kappa shape index (κ3) is 4.83. The maximum Gasteiger partial charge on any atom is 0.227 e. The number of benzene rings is 5. The van der Waals surface area contributed by atoms with Gasteiger partial charge in [0, 0.05) is 68.6 Å². The fraction of sp³-hybridized carbons (Fsp3) is 0.0238. The molecule has 9 rings (SSSR count). The Labute approximate surface area is 279 Å². The third-order valence-electron chi connectivity index (χ3n) is 8.73. The van der Waals surface area contributed by atoms with E-state index in [0.717, 1.165) is 39.0 Å². The van der Waals surface area contributed by atoms with Crippen LogP contribution in [0, 0.1) is 0 Å². The van der Waals surface area contributed by atoms with Gasteiger partial charge in [-0.15, -0.1) is 22.7 Å². The van der Waals surface area contributed by atoms with Crippen LogP contribution in [0.3, 0.4) is 0 Å². The summed E-state index contributed by atoms with van der Waals surface area (Å²) in [5.74, 6) is 0.610. The first-order chi connectivity index (χ1) is 23.2. The van der Waals surface area contributed by atoms with Crippen molar-refractivity contribution in [1.82, 2.24) is 4.98 Å². The molecule has 3 nitrogen and oxygen atoms in total. The van der Waals surface area contributed by atoms with Crippen molar-refractivity contribution in [2.75, 3.05) is 4.90 Å². The van der Waals surface area contributed by atoms with Crippen molar-refractivity contribution in [2.24, 2.45) is 0 Å². The van der Waals surface area contributed by atoms with Gasteiger partial charge in [-0.2, -0.15) is 0 Å². The maximum atomic E-state index is 6.40. The lowest BCUT2D eigenvalue weighted by Crippen LogP contribution is -2.25. The summed E-state index contributed by atoms with van der Waals surface area (Å²) in [6, 6.07) is 41.1. The van der Waals surface area contributed by atoms with Crippen LogP contribution in [0.4, 0.5) is 11.4 Å². The van der Waals surface area contributed by atoms with E-state index in [-0.39, 0.29) is 0 Å². The maximum absolute atomic E-state index is 6.40. The quantitative estimate of drug-likeness (QED) is 0.187. The largest absolute Gasteiger partial charge is 0.436 e. The Morgan fingerprint density at radius 3 is 2.09 bits per heavy atom. The van der Waals surface area contributed by atoms with Gasteiger partial charge in [0.15, 0.2) is 5.42 Å². The lowest BCUT2D eigenvalue weighted by Gasteiger charge is -2.28. The average molecular weight is 641 g/mol. The van der Waals surface area contributed by atoms with Crippen LogP contribution in [0.2, 0.25) is 0 Å². The predicted molar refractivity (Wildman–Crippen MR) is 202 cm³/mol. The molecule has 5 heteroatoms. The molecule has 3 heterocycles. The average Bonchev–Trinajstić information content (AvgIpc) is 3.82. The predicted octanol–water partition coefficient (Wildman–Crippen LogP) is 10.9. The second-order valence-electron chi connectivity index (χ2n) is 11.6. The molecule has 0 saturated carbocycles. The zero-order valence-corrected chi connectivity index (χ0v) is 27.0. The number of rotatable bonds is 5. The monoisotopic (exact) mass is 640 g/mol. The molecule has 1 aliphatic carbocycles. The minimum atomic E-state index is 0.610. The molecule has 47 heavy (non-hydrogen) atoms. The lowest BCUT2D eigenvalue weighted by molar-refractivity contribution is 0.537. The van der Waals surface area contributed by atoms with E-state index in [1.54, 1.807) is 6.08 Å². The number of oxazole rings is 1. The SMILES string of the molecule is C=C/C=c1/nc(-c2ccccc2)o/c1=C1\C=CC(N(c2ccc3c(c2)sc2ccccc23)c2ccc3sc4ccccc4c3c2)=CC1. The summed E-state index contributed by atoms with van der Waals surface area (Å²) >= 11 is 3.69. The van der Waals surface area contributed by atoms with Gasteiger partial charge in [-0.25, -0.2) is 4.98 Å². The van der Waals surface area contributed by atoms with Crippen LogP contribution in [0.15, 0.2) is 156 Å². The van der Waals surface area contributed by atoms with Crippen LogP contribution in [0.1, 0.15) is 6.42 Å². The van der Waals surface area contributed by atoms with Gasteiger partial charge >= 0.3 is 0 Å². The van der Waals surface area contributed by atoms with Crippen LogP contribution >= 0.6 is 22.7 Å². The van der Waals surface area contributed by atoms with Crippen LogP contribution in [-0.4, -0.2) is 4.98 Å². The molecule has 0 bridgehead atoms. The first-order valence-corrected chi connectivity index (χ1v) is 17.3. The highest BCUT2D eigenvalue weighted by atomic mass is 32.1. The smallest absolute Gasteiger partial charge is 0.227 e. The van der Waals surface area contributed by atoms with E-state index < -0.39 is 0 Å². The molecule has 0 unspecified atom stereocenters. The number of allylic oxidation sites excluding steroid dienone is 4. The van der Waals surface area contributed by atoms with Crippen molar-refractivity contribution in [3.05, 3.63) is 163 Å². The Bertz CT molecular complexity index is 2690. The van der Waals surface area contributed by atoms with E-state index in [1.165, 1.54) is 40.3 Å². The molecule has 0 aliphatic heterocycles. The topological polar surface area (TPSA) is 29.3 Å². The highest BCUT2D eigenvalue weighted by Crippen LogP contribution is 2.42. The minimum absolute atomic E-state index is 0.610. The summed E-state index contributed by atoms with van der Waals surface area (Å²) in [5, 5.41) is 5.97. The zero-order valence-electron chi connectivity index (χ0n) is 25.4. The molecular weight excluding hydrogens is 613 g/mol. The fourth-order valence-electron chi connectivity index (χ4n) is 6.52. The van der Waals surface area contributed by atoms with Gasteiger partial charge in [-0.05, 0) is 73.2 Å². The fourth-order valence-corrected chi connectivity index (χ4v) is 8.74. The number of thiophene rings is 2. The summed E-state index contributed by atoms with van der Waals surface area (Å²) in [5.41, 5.74) is 6.19. The normalized spacial score (nSPS) is 14.8. The second-order valence-corrected chi connectivity index (χ2v) is 13.8. The molecule has 8 aromatic rings. The van der Waals surface area contributed by atoms with Crippen LogP contribution in [0.5, 0.6) is 0 Å². The Morgan fingerprint density at radius 1 is 0.660 bits per heavy atom. The van der Waals surface area contributed by atoms with E-state index in [1.807, 2.05) is 59.1 Å². The molecule has 0 atom stereocenters. The number of hydrogen-bond acceptors (Lipinski definition) is 5. The molecule has 224 valence electrons. The summed E-state index contributed by atoms with van der Waals surface area (Å²) in [6.07, 6.45) is 11.1. The van der Waals surface area contributed by atoms with Crippen molar-refractivity contribution in [2.45, 2.75) is 6.42 Å². The van der Waals surface area contributed by atoms with Crippen molar-refractivity contribution < 1.29 is 4.42 Å². The van der Waals surface area contributed by atoms with Gasteiger partial charge < -0.3 is 9.32 Å². The Morgan fingerprint density at radius 2 is 1.32 bits per heavy atom. The number of anilines is 2. The molecule has 0 saturated heterocycles. The molecule has 0 spiro atoms. The number of hydrogen-bond donors (Lipinski definition) is 0. The van der Waals surface area contributed by atoms with Crippen molar-refractivity contribution in [3.63, 3.8) is 0 Å². The number of aromatic nitrogens is 1. The van der Waals surface area contributed by atoms with Gasteiger partial charge in [0.1, 0.15) is 5.35 Å². The minimum Gasteiger partial charge on any atom is -0.436 e. The molecule has 1 aliphatic rings. The molecule has 0 N–H and O–H groups in total. The second kappa shape index (κ2) is 11.4. The van der Waals surface area contributed by atoms with Crippen LogP contribution in [-0.2, 0) is 0 Å². The van der Waals surface area contributed by atoms with Crippen molar-refractivity contribution >= 4 is 86.0 Å². The van der Waals surface area contributed by atoms with Crippen LogP contribution < -0.4 is 15.7 Å². The van der Waals surface area contributed by atoms with Gasteiger partial charge in [-0.1, -0.05) is 85.5 Å². The van der Waals surface area contributed by atoms with E-state index in [9.17, 15) is 0 Å². The van der Waals surface area contributed by atoms with E-state index in [2.05, 4.69) is 115 Å². The standard InChI is InChI=1S/C42H28N2OS2/c1-2-10-36-41(45-42(43-36)28-11-4-3-5-12-28)27-17-19-29(20-18-27)44(30-22-24-39-35(25-30)33-14-7-9-16-38(33)46-39)31-21-23-34-32-13-6-8-15-37(32)47-40(34)26-31/h2-17,19-26H,1,18H2/b36-10+,41-27+. The van der Waals surface area contributed by atoms with E-state index in [4.69, 9.17) is 9.40 Å². The van der Waals surface area contributed by atoms with Gasteiger partial charge in [0.25, 0.3) is 0 Å². The zero-order chi connectivity index (χ0) is 31.3. The van der Waals surface area contributed by atoms with E-state index >= 15 is 0 Å².